The number of nitrogens with two attached hydrogens (primary N) is 3. The number of hydrogen-bond acceptors (Lipinski definition) is 13. The number of nitrogens with one attached hydrogen (secondary N) is 9. The molecule has 26 heteroatoms. The van der Waals surface area contributed by atoms with Gasteiger partial charge in [-0.25, -0.2) is 4.98 Å². The summed E-state index contributed by atoms with van der Waals surface area (Å²) in [5, 5.41) is 37.6. The van der Waals surface area contributed by atoms with E-state index in [1.165, 1.54) is 31.2 Å². The highest BCUT2D eigenvalue weighted by atomic mass is 32.2. The number of aliphatic imine (C=N–C) groups is 1. The number of para-hydroxylation sites is 1. The van der Waals surface area contributed by atoms with E-state index in [4.69, 9.17) is 17.2 Å². The van der Waals surface area contributed by atoms with Gasteiger partial charge in [-0.3, -0.25) is 48.1 Å². The number of nitrogens with zero attached hydrogens (tertiary/aromatic N) is 2. The first-order valence-electron chi connectivity index (χ1n) is 23.2. The van der Waals surface area contributed by atoms with E-state index in [9.17, 15) is 53.4 Å². The number of carbonyl (C=O) groups excluding carboxylic acids is 7. The molecule has 0 bridgehead atoms. The largest absolute Gasteiger partial charge is 0.481 e. The van der Waals surface area contributed by atoms with Crippen LogP contribution in [-0.2, 0) is 62.4 Å². The van der Waals surface area contributed by atoms with Gasteiger partial charge >= 0.3 is 11.9 Å². The smallest absolute Gasteiger partial charge is 0.322 e. The number of rotatable bonds is 31. The van der Waals surface area contributed by atoms with Gasteiger partial charge in [-0.15, -0.1) is 0 Å². The molecule has 25 nitrogen and oxygen atoms in total. The normalized spacial score (nSPS) is 13.8. The Hall–Kier alpha value is -8.00. The van der Waals surface area contributed by atoms with Gasteiger partial charge in [-0.05, 0) is 61.8 Å². The maximum absolute atomic E-state index is 14.6. The molecule has 394 valence electrons. The minimum Gasteiger partial charge on any atom is -0.481 e. The highest BCUT2D eigenvalue weighted by molar-refractivity contribution is 7.98. The van der Waals surface area contributed by atoms with E-state index in [0.29, 0.717) is 22.6 Å². The molecule has 0 saturated heterocycles. The number of carbonyl (C=O) groups is 9. The van der Waals surface area contributed by atoms with E-state index in [-0.39, 0.29) is 51.0 Å². The van der Waals surface area contributed by atoms with Crippen LogP contribution in [0.15, 0.2) is 78.3 Å². The zero-order chi connectivity index (χ0) is 53.5. The quantitative estimate of drug-likeness (QED) is 0.0148. The van der Waals surface area contributed by atoms with Crippen LogP contribution in [0.5, 0.6) is 0 Å². The Balaban J connectivity index is 1.66. The molecule has 2 aromatic carbocycles. The summed E-state index contributed by atoms with van der Waals surface area (Å²) < 4.78 is 0. The van der Waals surface area contributed by atoms with Crippen molar-refractivity contribution in [2.45, 2.75) is 101 Å². The standard InChI is InChI=1S/C47H64N14O11S/c1-26(48)40(66)56-34(16-18-73-2)44(70)58-33(14-15-38(62)63)43(69)61-37(21-29-23-51-25-55-29)46(72)59-35(19-27-9-4-3-5-10-27)45(71)57-32(13-8-17-52-47(49)50)42(68)60-36(41(67)54-24-39(64)65)20-28-22-53-31-12-7-6-11-30(28)31/h3-7,9-12,22-23,25-26,32-37,53H,8,13-21,24,48H2,1-2H3,(H,51,55)(H,54,67)(H,56,66)(H,57,71)(H,58,70)(H,59,72)(H,60,68)(H,61,69)(H,62,63)(H,64,65)(H4,49,50,52). The highest BCUT2D eigenvalue weighted by Gasteiger charge is 2.34. The number of amides is 7. The fraction of sp³-hybridized carbons (Fsp3) is 0.426. The number of hydrogen-bond donors (Lipinski definition) is 14. The zero-order valence-electron chi connectivity index (χ0n) is 40.4. The number of H-pyrrole nitrogens is 2. The van der Waals surface area contributed by atoms with Gasteiger partial charge in [0, 0.05) is 61.2 Å². The van der Waals surface area contributed by atoms with Crippen molar-refractivity contribution in [1.82, 2.24) is 52.2 Å². The second-order valence-electron chi connectivity index (χ2n) is 17.0. The minimum absolute atomic E-state index is 0.0347. The number of fused-ring (bicyclic) bond motifs is 1. The Kier molecular flexibility index (Phi) is 23.2. The third-order valence-electron chi connectivity index (χ3n) is 11.2. The van der Waals surface area contributed by atoms with E-state index < -0.39 is 115 Å². The van der Waals surface area contributed by atoms with Gasteiger partial charge in [0.1, 0.15) is 42.8 Å². The van der Waals surface area contributed by atoms with Crippen molar-refractivity contribution in [3.05, 3.63) is 90.1 Å². The average Bonchev–Trinajstić information content (AvgIpc) is 4.03. The molecule has 0 aliphatic heterocycles. The number of aliphatic carboxylic acids is 2. The first-order valence-corrected chi connectivity index (χ1v) is 24.6. The molecule has 4 aromatic rings. The number of carboxylic acids is 2. The molecule has 0 spiro atoms. The SMILES string of the molecule is CSCCC(NC(=O)C(C)N)C(=O)NC(CCC(=O)O)C(=O)NC(Cc1cnc[nH]1)C(=O)NC(Cc1ccccc1)C(=O)NC(CCCN=C(N)N)C(=O)NC(Cc1c[nH]c2ccccc12)C(=O)NCC(=O)O. The van der Waals surface area contributed by atoms with E-state index >= 15 is 0 Å². The van der Waals surface area contributed by atoms with Crippen molar-refractivity contribution in [2.24, 2.45) is 22.2 Å². The molecule has 73 heavy (non-hydrogen) atoms. The molecule has 4 rings (SSSR count). The lowest BCUT2D eigenvalue weighted by Crippen LogP contribution is -2.60. The summed E-state index contributed by atoms with van der Waals surface area (Å²) >= 11 is 1.39. The molecule has 0 aliphatic carbocycles. The van der Waals surface area contributed by atoms with Gasteiger partial charge in [0.25, 0.3) is 0 Å². The molecular formula is C47H64N14O11S. The van der Waals surface area contributed by atoms with Crippen LogP contribution in [0, 0.1) is 0 Å². The molecule has 0 fully saturated rings. The van der Waals surface area contributed by atoms with Crippen molar-refractivity contribution in [3.63, 3.8) is 0 Å². The first-order chi connectivity index (χ1) is 34.8. The van der Waals surface area contributed by atoms with Gasteiger partial charge in [-0.1, -0.05) is 48.5 Å². The molecular weight excluding hydrogens is 969 g/mol. The van der Waals surface area contributed by atoms with Crippen molar-refractivity contribution < 1.29 is 53.4 Å². The maximum atomic E-state index is 14.6. The summed E-state index contributed by atoms with van der Waals surface area (Å²) in [6, 6.07) is 6.42. The lowest BCUT2D eigenvalue weighted by Gasteiger charge is -2.28. The molecule has 2 heterocycles. The molecule has 0 radical (unpaired) electrons. The molecule has 0 saturated carbocycles. The van der Waals surface area contributed by atoms with Crippen LogP contribution in [0.2, 0.25) is 0 Å². The predicted molar refractivity (Wildman–Crippen MR) is 270 cm³/mol. The predicted octanol–water partition coefficient (Wildman–Crippen LogP) is -1.95. The number of imidazole rings is 1. The third-order valence-corrected chi connectivity index (χ3v) is 11.8. The van der Waals surface area contributed by atoms with Gasteiger partial charge in [-0.2, -0.15) is 11.8 Å². The van der Waals surface area contributed by atoms with Crippen LogP contribution < -0.4 is 54.4 Å². The van der Waals surface area contributed by atoms with Gasteiger partial charge in [0.15, 0.2) is 5.96 Å². The summed E-state index contributed by atoms with van der Waals surface area (Å²) in [7, 11) is 0. The van der Waals surface area contributed by atoms with Crippen LogP contribution in [0.1, 0.15) is 55.8 Å². The van der Waals surface area contributed by atoms with Crippen LogP contribution in [0.3, 0.4) is 0 Å². The zero-order valence-corrected chi connectivity index (χ0v) is 41.2. The Morgan fingerprint density at radius 2 is 1.21 bits per heavy atom. The van der Waals surface area contributed by atoms with Crippen molar-refractivity contribution in [1.29, 1.82) is 0 Å². The molecule has 7 atom stereocenters. The van der Waals surface area contributed by atoms with Crippen LogP contribution >= 0.6 is 11.8 Å². The Labute approximate surface area is 424 Å². The lowest BCUT2D eigenvalue weighted by atomic mass is 10.0. The van der Waals surface area contributed by atoms with Gasteiger partial charge < -0.3 is 74.6 Å². The molecule has 7 unspecified atom stereocenters. The van der Waals surface area contributed by atoms with E-state index in [1.54, 1.807) is 54.9 Å². The minimum atomic E-state index is -1.53. The van der Waals surface area contributed by atoms with E-state index in [0.717, 1.165) is 10.9 Å². The Morgan fingerprint density at radius 3 is 1.78 bits per heavy atom. The number of guanidine groups is 1. The third kappa shape index (κ3) is 19.6. The number of thioether (sulfide) groups is 1. The lowest BCUT2D eigenvalue weighted by molar-refractivity contribution is -0.139. The number of carboxylic acid groups (broad SMARTS) is 2. The second-order valence-corrected chi connectivity index (χ2v) is 17.9. The first kappa shape index (κ1) is 57.6. The molecule has 0 aliphatic rings. The molecule has 7 amide bonds. The fourth-order valence-corrected chi connectivity index (χ4v) is 7.85. The maximum Gasteiger partial charge on any atom is 0.322 e. The number of benzene rings is 2. The summed E-state index contributed by atoms with van der Waals surface area (Å²) in [4.78, 5) is 134. The fourth-order valence-electron chi connectivity index (χ4n) is 7.38. The summed E-state index contributed by atoms with van der Waals surface area (Å²) in [6.45, 7) is 0.713. The molecule has 17 N–H and O–H groups in total. The average molecular weight is 1030 g/mol. The van der Waals surface area contributed by atoms with Gasteiger partial charge in [0.05, 0.1) is 12.4 Å². The Bertz CT molecular complexity index is 2540. The van der Waals surface area contributed by atoms with Gasteiger partial charge in [0.2, 0.25) is 41.4 Å². The van der Waals surface area contributed by atoms with E-state index in [2.05, 4.69) is 57.2 Å². The van der Waals surface area contributed by atoms with Crippen LogP contribution in [0.4, 0.5) is 0 Å². The monoisotopic (exact) mass is 1030 g/mol. The highest BCUT2D eigenvalue weighted by Crippen LogP contribution is 2.20. The van der Waals surface area contributed by atoms with E-state index in [1.807, 2.05) is 12.1 Å². The van der Waals surface area contributed by atoms with Crippen molar-refractivity contribution in [3.8, 4) is 0 Å². The topological polar surface area (TPSA) is 413 Å². The summed E-state index contributed by atoms with van der Waals surface area (Å²) in [6.07, 6.45) is 4.88. The second kappa shape index (κ2) is 29.4. The van der Waals surface area contributed by atoms with Crippen LogP contribution in [-0.4, -0.2) is 152 Å². The van der Waals surface area contributed by atoms with Crippen LogP contribution in [0.25, 0.3) is 10.9 Å². The summed E-state index contributed by atoms with van der Waals surface area (Å²) in [5.74, 6) is -8.25. The van der Waals surface area contributed by atoms with Crippen molar-refractivity contribution in [2.75, 3.05) is 25.1 Å². The number of aromatic nitrogens is 3. The summed E-state index contributed by atoms with van der Waals surface area (Å²) in [5.41, 5.74) is 19.1. The Morgan fingerprint density at radius 1 is 0.658 bits per heavy atom. The number of aromatic amines is 2. The molecule has 2 aromatic heterocycles. The van der Waals surface area contributed by atoms with Crippen molar-refractivity contribution >= 4 is 81.9 Å².